The Hall–Kier alpha value is -2.52. The molecule has 0 spiro atoms. The number of aliphatic hydroxyl groups is 1. The maximum atomic E-state index is 12.4. The highest BCUT2D eigenvalue weighted by molar-refractivity contribution is 7.18. The van der Waals surface area contributed by atoms with E-state index < -0.39 is 6.10 Å². The Balaban J connectivity index is 1.15. The van der Waals surface area contributed by atoms with E-state index in [2.05, 4.69) is 20.1 Å². The number of nitrogens with zero attached hydrogens (tertiary/aromatic N) is 3. The molecule has 7 nitrogen and oxygen atoms in total. The third kappa shape index (κ3) is 6.74. The van der Waals surface area contributed by atoms with Gasteiger partial charge in [0.2, 0.25) is 5.91 Å². The van der Waals surface area contributed by atoms with E-state index >= 15 is 0 Å². The van der Waals surface area contributed by atoms with Gasteiger partial charge in [0.05, 0.1) is 27.8 Å². The summed E-state index contributed by atoms with van der Waals surface area (Å²) in [6, 6.07) is 15.8. The highest BCUT2D eigenvalue weighted by Crippen LogP contribution is 2.25. The first-order valence-corrected chi connectivity index (χ1v) is 12.2. The Morgan fingerprint density at radius 2 is 1.88 bits per heavy atom. The van der Waals surface area contributed by atoms with Gasteiger partial charge in [0, 0.05) is 38.8 Å². The summed E-state index contributed by atoms with van der Waals surface area (Å²) >= 11 is 1.66. The number of amides is 1. The molecule has 2 atom stereocenters. The second kappa shape index (κ2) is 11.1. The Kier molecular flexibility index (Phi) is 7.93. The number of fused-ring (bicyclic) bond motifs is 1. The predicted octanol–water partition coefficient (Wildman–Crippen LogP) is 2.84. The summed E-state index contributed by atoms with van der Waals surface area (Å²) in [6.07, 6.45) is -0.570. The van der Waals surface area contributed by atoms with Gasteiger partial charge in [-0.15, -0.1) is 11.3 Å². The molecule has 0 bridgehead atoms. The largest absolute Gasteiger partial charge is 0.491 e. The van der Waals surface area contributed by atoms with Crippen molar-refractivity contribution < 1.29 is 14.6 Å². The van der Waals surface area contributed by atoms with Crippen molar-refractivity contribution in [2.75, 3.05) is 45.9 Å². The summed E-state index contributed by atoms with van der Waals surface area (Å²) in [5.74, 6) is 0.771. The van der Waals surface area contributed by atoms with Crippen LogP contribution in [-0.2, 0) is 4.79 Å². The zero-order chi connectivity index (χ0) is 23.2. The van der Waals surface area contributed by atoms with Crippen LogP contribution in [0.15, 0.2) is 48.5 Å². The molecule has 0 aliphatic carbocycles. The van der Waals surface area contributed by atoms with Crippen LogP contribution in [0, 0.1) is 6.92 Å². The van der Waals surface area contributed by atoms with Gasteiger partial charge in [-0.3, -0.25) is 14.6 Å². The topological polar surface area (TPSA) is 77.9 Å². The third-order valence-electron chi connectivity index (χ3n) is 5.89. The molecular formula is C25H32N4O3S. The molecule has 0 unspecified atom stereocenters. The normalized spacial score (nSPS) is 17.1. The first-order valence-electron chi connectivity index (χ1n) is 11.4. The number of carbonyl (C=O) groups is 1. The van der Waals surface area contributed by atoms with Crippen LogP contribution >= 0.6 is 11.3 Å². The third-order valence-corrected chi connectivity index (χ3v) is 6.84. The number of rotatable bonds is 9. The molecule has 2 aromatic carbocycles. The van der Waals surface area contributed by atoms with Gasteiger partial charge in [-0.1, -0.05) is 30.3 Å². The number of carbonyl (C=O) groups excluding carboxylic acids is 1. The van der Waals surface area contributed by atoms with Gasteiger partial charge in [-0.25, -0.2) is 4.98 Å². The first-order chi connectivity index (χ1) is 16.0. The summed E-state index contributed by atoms with van der Waals surface area (Å²) < 4.78 is 6.94. The molecule has 1 saturated heterocycles. The lowest BCUT2D eigenvalue weighted by Gasteiger charge is -2.35. The number of nitrogens with one attached hydrogen (secondary N) is 1. The molecule has 1 aliphatic rings. The number of β-amino-alcohol motifs (C(OH)–C–C–N with tert-alkyl or cyclic N) is 1. The summed E-state index contributed by atoms with van der Waals surface area (Å²) in [6.45, 7) is 8.45. The number of benzene rings is 2. The Bertz CT molecular complexity index is 1050. The summed E-state index contributed by atoms with van der Waals surface area (Å²) in [5, 5.41) is 14.5. The maximum absolute atomic E-state index is 12.4. The minimum Gasteiger partial charge on any atom is -0.491 e. The zero-order valence-electron chi connectivity index (χ0n) is 19.2. The van der Waals surface area contributed by atoms with Crippen LogP contribution in [0.5, 0.6) is 5.75 Å². The van der Waals surface area contributed by atoms with Crippen LogP contribution in [0.2, 0.25) is 0 Å². The fourth-order valence-corrected chi connectivity index (χ4v) is 4.91. The summed E-state index contributed by atoms with van der Waals surface area (Å²) in [4.78, 5) is 21.3. The van der Waals surface area contributed by atoms with Gasteiger partial charge in [0.1, 0.15) is 18.5 Å². The molecule has 0 radical (unpaired) electrons. The zero-order valence-corrected chi connectivity index (χ0v) is 20.1. The lowest BCUT2D eigenvalue weighted by atomic mass is 10.1. The molecule has 4 rings (SSSR count). The molecule has 1 amide bonds. The van der Waals surface area contributed by atoms with Gasteiger partial charge >= 0.3 is 0 Å². The average Bonchev–Trinajstić information content (AvgIpc) is 3.18. The first kappa shape index (κ1) is 23.6. The highest BCUT2D eigenvalue weighted by atomic mass is 32.1. The molecule has 176 valence electrons. The minimum atomic E-state index is -0.570. The number of piperazine rings is 1. The average molecular weight is 469 g/mol. The van der Waals surface area contributed by atoms with E-state index in [1.54, 1.807) is 11.3 Å². The lowest BCUT2D eigenvalue weighted by Crippen LogP contribution is -2.51. The molecule has 1 aromatic heterocycles. The highest BCUT2D eigenvalue weighted by Gasteiger charge is 2.21. The molecule has 1 aliphatic heterocycles. The number of aliphatic hydroxyl groups excluding tert-OH is 1. The van der Waals surface area contributed by atoms with Crippen LogP contribution in [-0.4, -0.2) is 77.8 Å². The minimum absolute atomic E-state index is 0.00427. The molecule has 3 aromatic rings. The fourth-order valence-electron chi connectivity index (χ4n) is 4.10. The van der Waals surface area contributed by atoms with Crippen LogP contribution in [0.1, 0.15) is 23.5 Å². The van der Waals surface area contributed by atoms with Crippen molar-refractivity contribution in [1.29, 1.82) is 0 Å². The summed E-state index contributed by atoms with van der Waals surface area (Å²) in [7, 11) is 0. The van der Waals surface area contributed by atoms with Crippen LogP contribution in [0.3, 0.4) is 0 Å². The number of ether oxygens (including phenoxy) is 1. The van der Waals surface area contributed by atoms with Crippen molar-refractivity contribution in [2.24, 2.45) is 0 Å². The van der Waals surface area contributed by atoms with Crippen LogP contribution < -0.4 is 10.1 Å². The maximum Gasteiger partial charge on any atom is 0.234 e. The quantitative estimate of drug-likeness (QED) is 0.503. The molecule has 2 heterocycles. The van der Waals surface area contributed by atoms with Gasteiger partial charge in [-0.05, 0) is 31.5 Å². The molecule has 8 heteroatoms. The second-order valence-electron chi connectivity index (χ2n) is 8.60. The van der Waals surface area contributed by atoms with Crippen molar-refractivity contribution in [2.45, 2.75) is 26.0 Å². The van der Waals surface area contributed by atoms with Crippen LogP contribution in [0.25, 0.3) is 10.2 Å². The number of aryl methyl sites for hydroxylation is 1. The van der Waals surface area contributed by atoms with E-state index in [0.29, 0.717) is 13.1 Å². The smallest absolute Gasteiger partial charge is 0.234 e. The molecule has 33 heavy (non-hydrogen) atoms. The van der Waals surface area contributed by atoms with E-state index in [-0.39, 0.29) is 18.6 Å². The Labute approximate surface area is 199 Å². The van der Waals surface area contributed by atoms with E-state index in [4.69, 9.17) is 4.74 Å². The molecule has 0 saturated carbocycles. The van der Waals surface area contributed by atoms with Crippen molar-refractivity contribution in [3.05, 3.63) is 59.1 Å². The lowest BCUT2D eigenvalue weighted by molar-refractivity contribution is -0.123. The van der Waals surface area contributed by atoms with Crippen molar-refractivity contribution >= 4 is 27.5 Å². The van der Waals surface area contributed by atoms with Gasteiger partial charge < -0.3 is 15.2 Å². The van der Waals surface area contributed by atoms with Crippen molar-refractivity contribution in [1.82, 2.24) is 20.1 Å². The van der Waals surface area contributed by atoms with E-state index in [0.717, 1.165) is 52.7 Å². The Morgan fingerprint density at radius 3 is 2.64 bits per heavy atom. The number of thiazole rings is 1. The Morgan fingerprint density at radius 1 is 1.15 bits per heavy atom. The second-order valence-corrected chi connectivity index (χ2v) is 9.84. The van der Waals surface area contributed by atoms with E-state index in [9.17, 15) is 9.90 Å². The van der Waals surface area contributed by atoms with Crippen molar-refractivity contribution in [3.8, 4) is 5.75 Å². The SMILES string of the molecule is Cc1nc2cc(OC[C@H](O)CN3CCN(CC(=O)N[C@H](C)c4ccccc4)CC3)ccc2s1. The van der Waals surface area contributed by atoms with Crippen molar-refractivity contribution in [3.63, 3.8) is 0 Å². The fraction of sp³-hybridized carbons (Fsp3) is 0.440. The predicted molar refractivity (Wildman–Crippen MR) is 132 cm³/mol. The summed E-state index contributed by atoms with van der Waals surface area (Å²) in [5.41, 5.74) is 2.04. The molecular weight excluding hydrogens is 436 g/mol. The molecule has 2 N–H and O–H groups in total. The number of hydrogen-bond donors (Lipinski definition) is 2. The van der Waals surface area contributed by atoms with Gasteiger partial charge in [0.25, 0.3) is 0 Å². The number of hydrogen-bond acceptors (Lipinski definition) is 7. The molecule has 1 fully saturated rings. The van der Waals surface area contributed by atoms with Crippen LogP contribution in [0.4, 0.5) is 0 Å². The number of aromatic nitrogens is 1. The monoisotopic (exact) mass is 468 g/mol. The van der Waals surface area contributed by atoms with Gasteiger partial charge in [-0.2, -0.15) is 0 Å². The van der Waals surface area contributed by atoms with Gasteiger partial charge in [0.15, 0.2) is 0 Å². The standard InChI is InChI=1S/C25H32N4O3S/c1-18(20-6-4-3-5-7-20)26-25(31)16-29-12-10-28(11-13-29)15-21(30)17-32-22-8-9-24-23(14-22)27-19(2)33-24/h3-9,14,18,21,30H,10-13,15-17H2,1-2H3,(H,26,31)/t18-,21-/m1/s1. The van der Waals surface area contributed by atoms with E-state index in [1.165, 1.54) is 0 Å². The van der Waals surface area contributed by atoms with E-state index in [1.807, 2.05) is 62.4 Å².